The Hall–Kier alpha value is -2.44. The van der Waals surface area contributed by atoms with Crippen molar-refractivity contribution in [1.29, 1.82) is 0 Å². The Labute approximate surface area is 167 Å². The fourth-order valence-corrected chi connectivity index (χ4v) is 8.64. The molecule has 1 aliphatic heterocycles. The normalized spacial score (nSPS) is 24.1. The van der Waals surface area contributed by atoms with Crippen LogP contribution < -0.4 is 4.31 Å². The molecule has 4 nitrogen and oxygen atoms in total. The first kappa shape index (κ1) is 17.6. The Balaban J connectivity index is 1.74. The highest BCUT2D eigenvalue weighted by molar-refractivity contribution is 7.95. The van der Waals surface area contributed by atoms with Crippen LogP contribution >= 0.6 is 0 Å². The summed E-state index contributed by atoms with van der Waals surface area (Å²) in [5, 5.41) is 0. The number of nitrogens with zero attached hydrogens (tertiary/aromatic N) is 1. The van der Waals surface area contributed by atoms with E-state index < -0.39 is 25.7 Å². The van der Waals surface area contributed by atoms with Gasteiger partial charge in [-0.25, -0.2) is 12.6 Å². The standard InChI is InChI=1S/C22H19NO3S2/c24-27(17-9-3-1-4-10-17)23-21-14-8-7-13-19(21)20-15-16-22(20,23)28(25,26)18-11-5-2-6-12-18/h1-14,20H,15-16H2/t20-,22+,27?/m0/s1. The lowest BCUT2D eigenvalue weighted by atomic mass is 9.77. The molecular weight excluding hydrogens is 390 g/mol. The van der Waals surface area contributed by atoms with Gasteiger partial charge in [0.1, 0.15) is 0 Å². The van der Waals surface area contributed by atoms with Gasteiger partial charge in [0.15, 0.2) is 15.9 Å². The quantitative estimate of drug-likeness (QED) is 0.646. The van der Waals surface area contributed by atoms with Gasteiger partial charge in [-0.2, -0.15) is 0 Å². The summed E-state index contributed by atoms with van der Waals surface area (Å²) in [6.45, 7) is 0. The number of para-hydroxylation sites is 1. The van der Waals surface area contributed by atoms with E-state index in [0.29, 0.717) is 11.3 Å². The van der Waals surface area contributed by atoms with Gasteiger partial charge in [-0.05, 0) is 48.7 Å². The summed E-state index contributed by atoms with van der Waals surface area (Å²) in [7, 11) is -5.36. The van der Waals surface area contributed by atoms with Crippen LogP contribution in [0.5, 0.6) is 0 Å². The number of rotatable bonds is 4. The van der Waals surface area contributed by atoms with Gasteiger partial charge in [-0.1, -0.05) is 54.6 Å². The highest BCUT2D eigenvalue weighted by atomic mass is 32.2. The second-order valence-corrected chi connectivity index (χ2v) is 10.7. The maximum Gasteiger partial charge on any atom is 0.203 e. The Kier molecular flexibility index (Phi) is 3.96. The Morgan fingerprint density at radius 1 is 0.857 bits per heavy atom. The van der Waals surface area contributed by atoms with E-state index in [1.54, 1.807) is 46.8 Å². The van der Waals surface area contributed by atoms with Crippen LogP contribution in [-0.2, 0) is 20.8 Å². The maximum absolute atomic E-state index is 13.9. The lowest BCUT2D eigenvalue weighted by molar-refractivity contribution is 0.312. The molecule has 1 heterocycles. The van der Waals surface area contributed by atoms with E-state index in [0.717, 1.165) is 17.7 Å². The highest BCUT2D eigenvalue weighted by Crippen LogP contribution is 2.63. The van der Waals surface area contributed by atoms with E-state index in [4.69, 9.17) is 0 Å². The van der Waals surface area contributed by atoms with Crippen LogP contribution in [0.4, 0.5) is 5.69 Å². The molecule has 3 atom stereocenters. The van der Waals surface area contributed by atoms with Gasteiger partial charge in [0.2, 0.25) is 9.84 Å². The molecular formula is C22H19NO3S2. The average Bonchev–Trinajstić information content (AvgIpc) is 2.92. The number of fused-ring (bicyclic) bond motifs is 3. The van der Waals surface area contributed by atoms with Crippen molar-refractivity contribution in [2.24, 2.45) is 0 Å². The minimum Gasteiger partial charge on any atom is -0.265 e. The molecule has 0 amide bonds. The number of sulfone groups is 1. The maximum atomic E-state index is 13.9. The molecule has 0 N–H and O–H groups in total. The third-order valence-electron chi connectivity index (χ3n) is 5.84. The predicted octanol–water partition coefficient (Wildman–Crippen LogP) is 4.28. The average molecular weight is 410 g/mol. The lowest BCUT2D eigenvalue weighted by Gasteiger charge is -2.48. The van der Waals surface area contributed by atoms with Crippen molar-refractivity contribution in [3.8, 4) is 0 Å². The van der Waals surface area contributed by atoms with E-state index in [1.165, 1.54) is 0 Å². The van der Waals surface area contributed by atoms with E-state index >= 15 is 0 Å². The first-order valence-corrected chi connectivity index (χ1v) is 11.8. The number of hydrogen-bond donors (Lipinski definition) is 0. The van der Waals surface area contributed by atoms with Gasteiger partial charge in [0.25, 0.3) is 0 Å². The van der Waals surface area contributed by atoms with Crippen LogP contribution in [0, 0.1) is 0 Å². The van der Waals surface area contributed by atoms with E-state index in [9.17, 15) is 12.6 Å². The molecule has 2 aliphatic rings. The smallest absolute Gasteiger partial charge is 0.203 e. The highest BCUT2D eigenvalue weighted by Gasteiger charge is 2.67. The monoisotopic (exact) mass is 409 g/mol. The molecule has 6 heteroatoms. The SMILES string of the molecule is O=S(c1ccccc1)N1c2ccccc2[C@@H]2CC[C@@]21S(=O)(=O)c1ccccc1. The van der Waals surface area contributed by atoms with Gasteiger partial charge in [0, 0.05) is 5.92 Å². The van der Waals surface area contributed by atoms with Crippen molar-refractivity contribution in [3.05, 3.63) is 90.5 Å². The minimum absolute atomic E-state index is 0.179. The number of hydrogen-bond acceptors (Lipinski definition) is 3. The van der Waals surface area contributed by atoms with Crippen LogP contribution in [0.15, 0.2) is 94.7 Å². The third kappa shape index (κ3) is 2.22. The lowest BCUT2D eigenvalue weighted by Crippen LogP contribution is -2.60. The van der Waals surface area contributed by atoms with Crippen molar-refractivity contribution in [1.82, 2.24) is 0 Å². The topological polar surface area (TPSA) is 54.5 Å². The number of benzene rings is 3. The van der Waals surface area contributed by atoms with E-state index in [2.05, 4.69) is 0 Å². The molecule has 0 saturated heterocycles. The van der Waals surface area contributed by atoms with Crippen molar-refractivity contribution in [2.75, 3.05) is 4.31 Å². The molecule has 1 saturated carbocycles. The molecule has 0 bridgehead atoms. The largest absolute Gasteiger partial charge is 0.265 e. The van der Waals surface area contributed by atoms with Crippen LogP contribution in [0.2, 0.25) is 0 Å². The first-order chi connectivity index (χ1) is 13.6. The predicted molar refractivity (Wildman–Crippen MR) is 110 cm³/mol. The first-order valence-electron chi connectivity index (χ1n) is 9.23. The molecule has 1 aliphatic carbocycles. The molecule has 3 aromatic carbocycles. The summed E-state index contributed by atoms with van der Waals surface area (Å²) in [5.74, 6) is -0.179. The second kappa shape index (κ2) is 6.29. The summed E-state index contributed by atoms with van der Waals surface area (Å²) >= 11 is 0. The second-order valence-electron chi connectivity index (χ2n) is 7.17. The zero-order valence-electron chi connectivity index (χ0n) is 15.1. The van der Waals surface area contributed by atoms with Crippen LogP contribution in [0.1, 0.15) is 24.3 Å². The van der Waals surface area contributed by atoms with Crippen LogP contribution in [0.3, 0.4) is 0 Å². The molecule has 1 fully saturated rings. The zero-order valence-corrected chi connectivity index (χ0v) is 16.7. The molecule has 5 rings (SSSR count). The minimum atomic E-state index is -3.74. The van der Waals surface area contributed by atoms with Gasteiger partial charge in [-0.3, -0.25) is 4.31 Å². The van der Waals surface area contributed by atoms with Crippen molar-refractivity contribution in [3.63, 3.8) is 0 Å². The summed E-state index contributed by atoms with van der Waals surface area (Å²) in [5.41, 5.74) is 1.73. The van der Waals surface area contributed by atoms with Gasteiger partial charge >= 0.3 is 0 Å². The van der Waals surface area contributed by atoms with E-state index in [1.807, 2.05) is 42.5 Å². The van der Waals surface area contributed by atoms with Gasteiger partial charge in [-0.15, -0.1) is 0 Å². The molecule has 0 aromatic heterocycles. The fraction of sp³-hybridized carbons (Fsp3) is 0.182. The third-order valence-corrected chi connectivity index (χ3v) is 9.98. The molecule has 0 spiro atoms. The van der Waals surface area contributed by atoms with E-state index in [-0.39, 0.29) is 10.8 Å². The molecule has 28 heavy (non-hydrogen) atoms. The summed E-state index contributed by atoms with van der Waals surface area (Å²) < 4.78 is 43.0. The Morgan fingerprint density at radius 2 is 1.46 bits per heavy atom. The summed E-state index contributed by atoms with van der Waals surface area (Å²) in [6.07, 6.45) is 1.23. The summed E-state index contributed by atoms with van der Waals surface area (Å²) in [4.78, 5) is -0.325. The zero-order chi connectivity index (χ0) is 19.4. The van der Waals surface area contributed by atoms with Crippen molar-refractivity contribution in [2.45, 2.75) is 33.4 Å². The molecule has 142 valence electrons. The number of anilines is 1. The van der Waals surface area contributed by atoms with Crippen molar-refractivity contribution < 1.29 is 12.6 Å². The molecule has 3 aromatic rings. The van der Waals surface area contributed by atoms with Crippen LogP contribution in [-0.4, -0.2) is 17.5 Å². The van der Waals surface area contributed by atoms with Crippen LogP contribution in [0.25, 0.3) is 0 Å². The Morgan fingerprint density at radius 3 is 2.11 bits per heavy atom. The fourth-order valence-electron chi connectivity index (χ4n) is 4.45. The summed E-state index contributed by atoms with van der Waals surface area (Å²) in [6, 6.07) is 25.3. The van der Waals surface area contributed by atoms with Crippen molar-refractivity contribution >= 4 is 26.5 Å². The van der Waals surface area contributed by atoms with Gasteiger partial charge in [0.05, 0.1) is 15.5 Å². The molecule has 1 unspecified atom stereocenters. The molecule has 0 radical (unpaired) electrons. The Bertz CT molecular complexity index is 1160. The van der Waals surface area contributed by atoms with Gasteiger partial charge < -0.3 is 0 Å².